The molecule has 0 aromatic carbocycles. The van der Waals surface area contributed by atoms with E-state index < -0.39 is 18.7 Å². The zero-order chi connectivity index (χ0) is 11.2. The molecular weight excluding hydrogens is 203 g/mol. The summed E-state index contributed by atoms with van der Waals surface area (Å²) in [5.41, 5.74) is 0. The highest BCUT2D eigenvalue weighted by Crippen LogP contribution is 2.17. The predicted octanol–water partition coefficient (Wildman–Crippen LogP) is 0.0160. The van der Waals surface area contributed by atoms with Crippen molar-refractivity contribution in [3.05, 3.63) is 0 Å². The Morgan fingerprint density at radius 3 is 2.36 bits per heavy atom. The average molecular weight is 215 g/mol. The summed E-state index contributed by atoms with van der Waals surface area (Å²) in [4.78, 5) is 11.2. The van der Waals surface area contributed by atoms with Gasteiger partial charge in [-0.05, 0) is 0 Å². The Morgan fingerprint density at radius 1 is 1.43 bits per heavy atom. The molecule has 0 aliphatic carbocycles. The molecule has 0 atom stereocenters. The SMILES string of the molecule is COCCN(CCO)C(=O)C(F)(F)F. The number of hydrogen-bond donors (Lipinski definition) is 1. The molecule has 0 bridgehead atoms. The number of nitrogens with zero attached hydrogens (tertiary/aromatic N) is 1. The number of aliphatic hydroxyl groups excluding tert-OH is 1. The highest BCUT2D eigenvalue weighted by atomic mass is 19.4. The first-order valence-corrected chi connectivity index (χ1v) is 3.89. The predicted molar refractivity (Wildman–Crippen MR) is 41.6 cm³/mol. The van der Waals surface area contributed by atoms with E-state index >= 15 is 0 Å². The van der Waals surface area contributed by atoms with E-state index in [9.17, 15) is 18.0 Å². The van der Waals surface area contributed by atoms with Gasteiger partial charge in [0.15, 0.2) is 0 Å². The van der Waals surface area contributed by atoms with Gasteiger partial charge in [0.05, 0.1) is 13.2 Å². The van der Waals surface area contributed by atoms with Crippen LogP contribution in [-0.2, 0) is 9.53 Å². The van der Waals surface area contributed by atoms with Crippen molar-refractivity contribution >= 4 is 5.91 Å². The van der Waals surface area contributed by atoms with Crippen LogP contribution >= 0.6 is 0 Å². The van der Waals surface area contributed by atoms with Crippen LogP contribution in [0.3, 0.4) is 0 Å². The van der Waals surface area contributed by atoms with Gasteiger partial charge in [-0.1, -0.05) is 0 Å². The summed E-state index contributed by atoms with van der Waals surface area (Å²) in [6, 6.07) is 0. The Labute approximate surface area is 79.3 Å². The lowest BCUT2D eigenvalue weighted by Gasteiger charge is -2.22. The summed E-state index contributed by atoms with van der Waals surface area (Å²) in [5, 5.41) is 8.45. The molecule has 4 nitrogen and oxygen atoms in total. The van der Waals surface area contributed by atoms with Gasteiger partial charge in [0.25, 0.3) is 0 Å². The fourth-order valence-electron chi connectivity index (χ4n) is 0.816. The zero-order valence-corrected chi connectivity index (χ0v) is 7.67. The molecule has 0 saturated carbocycles. The standard InChI is InChI=1S/C7H12F3NO3/c1-14-5-3-11(2-4-12)6(13)7(8,9)10/h12H,2-5H2,1H3. The number of halogens is 3. The Balaban J connectivity index is 4.25. The Hall–Kier alpha value is -0.820. The molecule has 14 heavy (non-hydrogen) atoms. The van der Waals surface area contributed by atoms with Crippen molar-refractivity contribution < 1.29 is 27.8 Å². The van der Waals surface area contributed by atoms with E-state index in [4.69, 9.17) is 5.11 Å². The van der Waals surface area contributed by atoms with Crippen LogP contribution in [0, 0.1) is 0 Å². The number of rotatable bonds is 5. The molecule has 0 spiro atoms. The van der Waals surface area contributed by atoms with Crippen molar-refractivity contribution in [2.75, 3.05) is 33.4 Å². The molecule has 0 heterocycles. The Bertz CT molecular complexity index is 184. The maximum atomic E-state index is 11.9. The van der Waals surface area contributed by atoms with Gasteiger partial charge in [0.1, 0.15) is 0 Å². The van der Waals surface area contributed by atoms with E-state index in [0.717, 1.165) is 0 Å². The van der Waals surface area contributed by atoms with Crippen molar-refractivity contribution in [3.8, 4) is 0 Å². The lowest BCUT2D eigenvalue weighted by molar-refractivity contribution is -0.186. The third-order valence-electron chi connectivity index (χ3n) is 1.46. The number of aliphatic hydroxyl groups is 1. The number of amides is 1. The number of carbonyl (C=O) groups is 1. The first-order chi connectivity index (χ1) is 6.43. The van der Waals surface area contributed by atoms with Crippen LogP contribution in [0.5, 0.6) is 0 Å². The van der Waals surface area contributed by atoms with Crippen molar-refractivity contribution in [2.24, 2.45) is 0 Å². The maximum absolute atomic E-state index is 11.9. The summed E-state index contributed by atoms with van der Waals surface area (Å²) in [6.07, 6.45) is -4.90. The molecule has 0 unspecified atom stereocenters. The van der Waals surface area contributed by atoms with Gasteiger partial charge in [-0.15, -0.1) is 0 Å². The molecule has 0 rings (SSSR count). The molecule has 0 aromatic rings. The third kappa shape index (κ3) is 4.43. The van der Waals surface area contributed by atoms with Crippen LogP contribution in [0.25, 0.3) is 0 Å². The van der Waals surface area contributed by atoms with Crippen molar-refractivity contribution in [1.82, 2.24) is 4.90 Å². The smallest absolute Gasteiger partial charge is 0.395 e. The quantitative estimate of drug-likeness (QED) is 0.703. The highest BCUT2D eigenvalue weighted by Gasteiger charge is 2.42. The fraction of sp³-hybridized carbons (Fsp3) is 0.857. The molecule has 0 aromatic heterocycles. The van der Waals surface area contributed by atoms with Crippen LogP contribution in [0.2, 0.25) is 0 Å². The average Bonchev–Trinajstić information content (AvgIpc) is 2.09. The normalized spacial score (nSPS) is 11.5. The molecule has 0 radical (unpaired) electrons. The summed E-state index contributed by atoms with van der Waals surface area (Å²) < 4.78 is 40.3. The summed E-state index contributed by atoms with van der Waals surface area (Å²) >= 11 is 0. The number of ether oxygens (including phenoxy) is 1. The largest absolute Gasteiger partial charge is 0.471 e. The van der Waals surface area contributed by atoms with E-state index in [2.05, 4.69) is 4.74 Å². The summed E-state index contributed by atoms with van der Waals surface area (Å²) in [6.45, 7) is -1.04. The number of hydrogen-bond acceptors (Lipinski definition) is 3. The number of methoxy groups -OCH3 is 1. The minimum atomic E-state index is -4.90. The lowest BCUT2D eigenvalue weighted by atomic mass is 10.4. The molecule has 1 N–H and O–H groups in total. The Kier molecular flexibility index (Phi) is 5.47. The lowest BCUT2D eigenvalue weighted by Crippen LogP contribution is -2.44. The van der Waals surface area contributed by atoms with E-state index in [1.165, 1.54) is 7.11 Å². The number of alkyl halides is 3. The topological polar surface area (TPSA) is 49.8 Å². The minimum Gasteiger partial charge on any atom is -0.395 e. The molecule has 0 fully saturated rings. The summed E-state index contributed by atoms with van der Waals surface area (Å²) in [7, 11) is 1.31. The van der Waals surface area contributed by atoms with Gasteiger partial charge in [0.2, 0.25) is 0 Å². The van der Waals surface area contributed by atoms with Gasteiger partial charge in [0, 0.05) is 20.2 Å². The second kappa shape index (κ2) is 5.82. The van der Waals surface area contributed by atoms with Crippen LogP contribution in [0.4, 0.5) is 13.2 Å². The second-order valence-electron chi connectivity index (χ2n) is 2.51. The molecule has 0 saturated heterocycles. The highest BCUT2D eigenvalue weighted by molar-refractivity contribution is 5.81. The monoisotopic (exact) mass is 215 g/mol. The molecule has 0 aliphatic rings. The van der Waals surface area contributed by atoms with Crippen molar-refractivity contribution in [1.29, 1.82) is 0 Å². The summed E-state index contributed by atoms with van der Waals surface area (Å²) in [5.74, 6) is -1.95. The van der Waals surface area contributed by atoms with Crippen LogP contribution < -0.4 is 0 Å². The van der Waals surface area contributed by atoms with E-state index in [-0.39, 0.29) is 19.7 Å². The minimum absolute atomic E-state index is 0.00181. The fourth-order valence-corrected chi connectivity index (χ4v) is 0.816. The van der Waals surface area contributed by atoms with Gasteiger partial charge in [-0.25, -0.2) is 0 Å². The third-order valence-corrected chi connectivity index (χ3v) is 1.46. The Morgan fingerprint density at radius 2 is 2.00 bits per heavy atom. The van der Waals surface area contributed by atoms with E-state index in [0.29, 0.717) is 4.90 Å². The molecule has 84 valence electrons. The maximum Gasteiger partial charge on any atom is 0.471 e. The van der Waals surface area contributed by atoms with Gasteiger partial charge < -0.3 is 14.7 Å². The number of carbonyl (C=O) groups excluding carboxylic acids is 1. The van der Waals surface area contributed by atoms with Crippen LogP contribution in [0.15, 0.2) is 0 Å². The van der Waals surface area contributed by atoms with E-state index in [1.807, 2.05) is 0 Å². The second-order valence-corrected chi connectivity index (χ2v) is 2.51. The molecule has 7 heteroatoms. The molecule has 1 amide bonds. The van der Waals surface area contributed by atoms with Crippen molar-refractivity contribution in [2.45, 2.75) is 6.18 Å². The first-order valence-electron chi connectivity index (χ1n) is 3.89. The first kappa shape index (κ1) is 13.2. The van der Waals surface area contributed by atoms with Crippen LogP contribution in [-0.4, -0.2) is 55.5 Å². The van der Waals surface area contributed by atoms with Crippen LogP contribution in [0.1, 0.15) is 0 Å². The van der Waals surface area contributed by atoms with Gasteiger partial charge in [-0.2, -0.15) is 13.2 Å². The van der Waals surface area contributed by atoms with E-state index in [1.54, 1.807) is 0 Å². The molecular formula is C7H12F3NO3. The van der Waals surface area contributed by atoms with Crippen molar-refractivity contribution in [3.63, 3.8) is 0 Å². The van der Waals surface area contributed by atoms with Gasteiger partial charge in [-0.3, -0.25) is 4.79 Å². The zero-order valence-electron chi connectivity index (χ0n) is 7.67. The molecule has 0 aliphatic heterocycles. The van der Waals surface area contributed by atoms with Gasteiger partial charge >= 0.3 is 12.1 Å².